The molecular formula is C8H4BrN3S2. The third-order valence-electron chi connectivity index (χ3n) is 1.41. The van der Waals surface area contributed by atoms with E-state index in [0.717, 1.165) is 14.6 Å². The van der Waals surface area contributed by atoms with Crippen molar-refractivity contribution >= 4 is 48.7 Å². The molecule has 0 radical (unpaired) electrons. The first-order valence-corrected chi connectivity index (χ1v) is 6.14. The molecule has 3 nitrogen and oxygen atoms in total. The van der Waals surface area contributed by atoms with Gasteiger partial charge >= 0.3 is 0 Å². The summed E-state index contributed by atoms with van der Waals surface area (Å²) in [4.78, 5) is 4.68. The van der Waals surface area contributed by atoms with Crippen LogP contribution < -0.4 is 5.32 Å². The number of thiazole rings is 1. The molecule has 6 heteroatoms. The normalized spacial score (nSPS) is 9.71. The van der Waals surface area contributed by atoms with Gasteiger partial charge in [0.1, 0.15) is 10.9 Å². The van der Waals surface area contributed by atoms with Gasteiger partial charge in [-0.25, -0.2) is 4.98 Å². The third-order valence-corrected chi connectivity index (χ3v) is 3.84. The SMILES string of the molecule is N#Cc1cnc(Nc2cc(Br)cs2)s1. The van der Waals surface area contributed by atoms with Gasteiger partial charge in [-0.1, -0.05) is 11.3 Å². The first kappa shape index (κ1) is 9.65. The van der Waals surface area contributed by atoms with Crippen molar-refractivity contribution in [2.24, 2.45) is 0 Å². The van der Waals surface area contributed by atoms with Crippen LogP contribution in [0, 0.1) is 11.3 Å². The molecule has 0 aliphatic rings. The maximum atomic E-state index is 8.61. The Balaban J connectivity index is 2.15. The van der Waals surface area contributed by atoms with Gasteiger partial charge in [0.05, 0.1) is 11.2 Å². The van der Waals surface area contributed by atoms with Gasteiger partial charge in [-0.15, -0.1) is 11.3 Å². The quantitative estimate of drug-likeness (QED) is 0.917. The van der Waals surface area contributed by atoms with Gasteiger partial charge in [0.25, 0.3) is 0 Å². The lowest BCUT2D eigenvalue weighted by atomic mass is 10.6. The highest BCUT2D eigenvalue weighted by Crippen LogP contribution is 2.29. The van der Waals surface area contributed by atoms with Crippen molar-refractivity contribution in [3.05, 3.63) is 27.0 Å². The highest BCUT2D eigenvalue weighted by atomic mass is 79.9. The minimum Gasteiger partial charge on any atom is -0.323 e. The Morgan fingerprint density at radius 1 is 1.57 bits per heavy atom. The lowest BCUT2D eigenvalue weighted by Gasteiger charge is -1.94. The lowest BCUT2D eigenvalue weighted by molar-refractivity contribution is 1.39. The predicted molar refractivity (Wildman–Crippen MR) is 62.1 cm³/mol. The molecule has 0 spiro atoms. The molecule has 1 N–H and O–H groups in total. The molecule has 0 fully saturated rings. The molecule has 0 amide bonds. The average Bonchev–Trinajstić information content (AvgIpc) is 2.76. The van der Waals surface area contributed by atoms with Gasteiger partial charge in [-0.3, -0.25) is 0 Å². The van der Waals surface area contributed by atoms with Crippen LogP contribution in [0.3, 0.4) is 0 Å². The number of nitriles is 1. The fourth-order valence-corrected chi connectivity index (χ4v) is 2.88. The van der Waals surface area contributed by atoms with Crippen LogP contribution in [0.2, 0.25) is 0 Å². The summed E-state index contributed by atoms with van der Waals surface area (Å²) in [5.41, 5.74) is 0. The van der Waals surface area contributed by atoms with E-state index in [1.165, 1.54) is 11.3 Å². The molecule has 0 unspecified atom stereocenters. The Morgan fingerprint density at radius 2 is 2.43 bits per heavy atom. The minimum absolute atomic E-state index is 0.614. The molecule has 0 bridgehead atoms. The molecular weight excluding hydrogens is 282 g/mol. The summed E-state index contributed by atoms with van der Waals surface area (Å²) in [7, 11) is 0. The fraction of sp³-hybridized carbons (Fsp3) is 0. The number of aromatic nitrogens is 1. The number of halogens is 1. The highest BCUT2D eigenvalue weighted by Gasteiger charge is 2.02. The molecule has 0 aromatic carbocycles. The van der Waals surface area contributed by atoms with Crippen molar-refractivity contribution < 1.29 is 0 Å². The van der Waals surface area contributed by atoms with Gasteiger partial charge in [-0.2, -0.15) is 5.26 Å². The fourth-order valence-electron chi connectivity index (χ4n) is 0.868. The molecule has 2 heterocycles. The largest absolute Gasteiger partial charge is 0.323 e. The van der Waals surface area contributed by atoms with Crippen molar-refractivity contribution in [3.8, 4) is 6.07 Å². The van der Waals surface area contributed by atoms with Gasteiger partial charge in [0.2, 0.25) is 0 Å². The van der Waals surface area contributed by atoms with Crippen LogP contribution >= 0.6 is 38.6 Å². The molecule has 0 atom stereocenters. The Hall–Kier alpha value is -0.900. The Labute approximate surface area is 97.2 Å². The van der Waals surface area contributed by atoms with E-state index in [9.17, 15) is 0 Å². The van der Waals surface area contributed by atoms with Crippen LogP contribution in [-0.2, 0) is 0 Å². The van der Waals surface area contributed by atoms with E-state index in [4.69, 9.17) is 5.26 Å². The molecule has 14 heavy (non-hydrogen) atoms. The second-order valence-electron chi connectivity index (χ2n) is 2.40. The Morgan fingerprint density at radius 3 is 3.00 bits per heavy atom. The van der Waals surface area contributed by atoms with Crippen molar-refractivity contribution in [3.63, 3.8) is 0 Å². The maximum Gasteiger partial charge on any atom is 0.188 e. The average molecular weight is 286 g/mol. The highest BCUT2D eigenvalue weighted by molar-refractivity contribution is 9.10. The van der Waals surface area contributed by atoms with Crippen LogP contribution in [0.1, 0.15) is 4.88 Å². The van der Waals surface area contributed by atoms with E-state index >= 15 is 0 Å². The maximum absolute atomic E-state index is 8.61. The minimum atomic E-state index is 0.614. The second-order valence-corrected chi connectivity index (χ2v) is 5.25. The van der Waals surface area contributed by atoms with E-state index in [1.54, 1.807) is 17.5 Å². The van der Waals surface area contributed by atoms with Gasteiger partial charge in [-0.05, 0) is 22.0 Å². The number of anilines is 2. The summed E-state index contributed by atoms with van der Waals surface area (Å²) in [5, 5.41) is 15.5. The van der Waals surface area contributed by atoms with Crippen LogP contribution in [-0.4, -0.2) is 4.98 Å². The third kappa shape index (κ3) is 2.12. The summed E-state index contributed by atoms with van der Waals surface area (Å²) < 4.78 is 1.04. The number of rotatable bonds is 2. The standard InChI is InChI=1S/C8H4BrN3S2/c9-5-1-7(13-4-5)12-8-11-3-6(2-10)14-8/h1,3-4H,(H,11,12). The van der Waals surface area contributed by atoms with E-state index < -0.39 is 0 Å². The van der Waals surface area contributed by atoms with Gasteiger partial charge in [0, 0.05) is 9.85 Å². The summed E-state index contributed by atoms with van der Waals surface area (Å²) in [6.45, 7) is 0. The van der Waals surface area contributed by atoms with Crippen molar-refractivity contribution in [2.45, 2.75) is 0 Å². The molecule has 2 aromatic rings. The van der Waals surface area contributed by atoms with Crippen molar-refractivity contribution in [1.29, 1.82) is 5.26 Å². The van der Waals surface area contributed by atoms with Crippen LogP contribution in [0.25, 0.3) is 0 Å². The van der Waals surface area contributed by atoms with E-state index in [-0.39, 0.29) is 0 Å². The Kier molecular flexibility index (Phi) is 2.82. The van der Waals surface area contributed by atoms with Crippen LogP contribution in [0.15, 0.2) is 22.1 Å². The van der Waals surface area contributed by atoms with Gasteiger partial charge < -0.3 is 5.32 Å². The monoisotopic (exact) mass is 285 g/mol. The molecule has 2 rings (SSSR count). The first-order valence-electron chi connectivity index (χ1n) is 3.65. The number of hydrogen-bond donors (Lipinski definition) is 1. The van der Waals surface area contributed by atoms with Crippen LogP contribution in [0.4, 0.5) is 10.1 Å². The summed E-state index contributed by atoms with van der Waals surface area (Å²) >= 11 is 6.30. The zero-order valence-corrected chi connectivity index (χ0v) is 10.0. The molecule has 2 aromatic heterocycles. The van der Waals surface area contributed by atoms with Crippen LogP contribution in [0.5, 0.6) is 0 Å². The smallest absolute Gasteiger partial charge is 0.188 e. The zero-order valence-electron chi connectivity index (χ0n) is 6.82. The summed E-state index contributed by atoms with van der Waals surface area (Å²) in [5.74, 6) is 0. The lowest BCUT2D eigenvalue weighted by Crippen LogP contribution is -1.83. The molecule has 70 valence electrons. The number of thiophene rings is 1. The molecule has 0 aliphatic carbocycles. The van der Waals surface area contributed by atoms with E-state index in [0.29, 0.717) is 4.88 Å². The topological polar surface area (TPSA) is 48.7 Å². The molecule has 0 aliphatic heterocycles. The Bertz CT molecular complexity index is 483. The zero-order chi connectivity index (χ0) is 9.97. The number of nitrogens with zero attached hydrogens (tertiary/aromatic N) is 2. The van der Waals surface area contributed by atoms with Gasteiger partial charge in [0.15, 0.2) is 5.13 Å². The van der Waals surface area contributed by atoms with E-state index in [2.05, 4.69) is 26.2 Å². The second kappa shape index (κ2) is 4.09. The van der Waals surface area contributed by atoms with E-state index in [1.807, 2.05) is 17.5 Å². The van der Waals surface area contributed by atoms with Crippen molar-refractivity contribution in [1.82, 2.24) is 4.98 Å². The predicted octanol–water partition coefficient (Wildman–Crippen LogP) is 3.58. The molecule has 0 saturated heterocycles. The number of nitrogens with one attached hydrogen (secondary N) is 1. The van der Waals surface area contributed by atoms with Crippen molar-refractivity contribution in [2.75, 3.05) is 5.32 Å². The number of hydrogen-bond acceptors (Lipinski definition) is 5. The molecule has 0 saturated carbocycles. The first-order chi connectivity index (χ1) is 6.78. The summed E-state index contributed by atoms with van der Waals surface area (Å²) in [6, 6.07) is 4.02. The summed E-state index contributed by atoms with van der Waals surface area (Å²) in [6.07, 6.45) is 1.57.